The number of fused-ring (bicyclic) bond motifs is 11. The molecule has 0 N–H and O–H groups in total. The summed E-state index contributed by atoms with van der Waals surface area (Å²) in [4.78, 5) is 4.66. The summed E-state index contributed by atoms with van der Waals surface area (Å²) in [5.41, 5.74) is 3.19. The van der Waals surface area contributed by atoms with Crippen molar-refractivity contribution in [1.29, 1.82) is 0 Å². The lowest BCUT2D eigenvalue weighted by atomic mass is 9.95. The number of hydrogen-bond donors (Lipinski definition) is 0. The molecule has 3 heterocycles. The number of aromatic nitrogens is 3. The van der Waals surface area contributed by atoms with Gasteiger partial charge in [-0.05, 0) is 28.3 Å². The van der Waals surface area contributed by atoms with E-state index in [-0.39, 0.29) is 0 Å². The molecule has 6 rings (SSSR count). The lowest BCUT2D eigenvalue weighted by Gasteiger charge is -2.14. The summed E-state index contributed by atoms with van der Waals surface area (Å²) in [6, 6.07) is 23.4. The van der Waals surface area contributed by atoms with Crippen LogP contribution in [0.15, 0.2) is 79.1 Å². The highest BCUT2D eigenvalue weighted by atomic mass is 15.2. The molecule has 0 amide bonds. The summed E-state index contributed by atoms with van der Waals surface area (Å²) >= 11 is 0. The second-order valence-electron chi connectivity index (χ2n) is 6.34. The van der Waals surface area contributed by atoms with Crippen molar-refractivity contribution in [3.8, 4) is 0 Å². The van der Waals surface area contributed by atoms with Crippen molar-refractivity contribution in [3.05, 3.63) is 79.1 Å². The molecule has 3 aromatic heterocycles. The smallest absolute Gasteiger partial charge is 0.0966 e. The van der Waals surface area contributed by atoms with Gasteiger partial charge < -0.3 is 0 Å². The van der Waals surface area contributed by atoms with Crippen LogP contribution in [0.4, 0.5) is 0 Å². The first-order valence-corrected chi connectivity index (χ1v) is 8.37. The first-order valence-electron chi connectivity index (χ1n) is 8.37. The number of rotatable bonds is 0. The summed E-state index contributed by atoms with van der Waals surface area (Å²) < 4.78 is 2.04. The number of nitrogens with zero attached hydrogens (tertiary/aromatic N) is 3. The van der Waals surface area contributed by atoms with Gasteiger partial charge in [0.25, 0.3) is 0 Å². The van der Waals surface area contributed by atoms with E-state index >= 15 is 0 Å². The van der Waals surface area contributed by atoms with Gasteiger partial charge in [-0.15, -0.1) is 0 Å². The van der Waals surface area contributed by atoms with Crippen molar-refractivity contribution in [1.82, 2.24) is 14.6 Å². The van der Waals surface area contributed by atoms with Gasteiger partial charge in [-0.1, -0.05) is 54.6 Å². The van der Waals surface area contributed by atoms with E-state index in [1.807, 2.05) is 29.0 Å². The van der Waals surface area contributed by atoms with Crippen LogP contribution in [0, 0.1) is 0 Å². The zero-order valence-corrected chi connectivity index (χ0v) is 13.3. The molecule has 116 valence electrons. The standard InChI is InChI=1S/C22H13N3/c1-3-8-16-14(6-1)15-7-2-4-9-17(15)22-20(16)18-10-5-12-23-21(18)19-11-13-24-25(19)22/h1-13H. The minimum atomic E-state index is 0.993. The van der Waals surface area contributed by atoms with E-state index in [0.29, 0.717) is 0 Å². The molecule has 0 spiro atoms. The van der Waals surface area contributed by atoms with E-state index in [0.717, 1.165) is 16.6 Å². The molecule has 0 bridgehead atoms. The molecule has 25 heavy (non-hydrogen) atoms. The van der Waals surface area contributed by atoms with Crippen molar-refractivity contribution in [2.45, 2.75) is 0 Å². The highest BCUT2D eigenvalue weighted by Crippen LogP contribution is 2.39. The summed E-state index contributed by atoms with van der Waals surface area (Å²) in [7, 11) is 0. The van der Waals surface area contributed by atoms with E-state index < -0.39 is 0 Å². The van der Waals surface area contributed by atoms with Crippen LogP contribution in [0.3, 0.4) is 0 Å². The Morgan fingerprint density at radius 3 is 2.12 bits per heavy atom. The van der Waals surface area contributed by atoms with Gasteiger partial charge in [-0.2, -0.15) is 5.10 Å². The Morgan fingerprint density at radius 2 is 1.28 bits per heavy atom. The molecule has 0 aliphatic rings. The molecule has 0 radical (unpaired) electrons. The van der Waals surface area contributed by atoms with Gasteiger partial charge in [-0.3, -0.25) is 4.98 Å². The first-order chi connectivity index (χ1) is 12.4. The molecule has 3 aromatic carbocycles. The maximum Gasteiger partial charge on any atom is 0.0966 e. The van der Waals surface area contributed by atoms with Crippen LogP contribution in [-0.2, 0) is 0 Å². The molecule has 0 saturated heterocycles. The third-order valence-electron chi connectivity index (χ3n) is 5.08. The monoisotopic (exact) mass is 319 g/mol. The van der Waals surface area contributed by atoms with Crippen LogP contribution in [0.1, 0.15) is 0 Å². The molecule has 6 aromatic rings. The summed E-state index contributed by atoms with van der Waals surface area (Å²) in [5.74, 6) is 0. The fraction of sp³-hybridized carbons (Fsp3) is 0. The number of benzene rings is 3. The summed E-state index contributed by atoms with van der Waals surface area (Å²) in [5, 5.41) is 12.0. The van der Waals surface area contributed by atoms with E-state index in [2.05, 4.69) is 64.7 Å². The predicted octanol–water partition coefficient (Wildman–Crippen LogP) is 5.34. The van der Waals surface area contributed by atoms with Gasteiger partial charge in [0.15, 0.2) is 0 Å². The number of pyridine rings is 2. The normalized spacial score (nSPS) is 12.0. The third-order valence-corrected chi connectivity index (χ3v) is 5.08. The zero-order valence-electron chi connectivity index (χ0n) is 13.3. The maximum atomic E-state index is 4.66. The molecule has 0 aliphatic heterocycles. The molecule has 3 heteroatoms. The van der Waals surface area contributed by atoms with E-state index in [4.69, 9.17) is 0 Å². The van der Waals surface area contributed by atoms with Gasteiger partial charge in [0.2, 0.25) is 0 Å². The summed E-state index contributed by atoms with van der Waals surface area (Å²) in [6.07, 6.45) is 3.71. The van der Waals surface area contributed by atoms with E-state index in [1.54, 1.807) is 0 Å². The first kappa shape index (κ1) is 12.9. The Kier molecular flexibility index (Phi) is 2.35. The van der Waals surface area contributed by atoms with Gasteiger partial charge in [-0.25, -0.2) is 4.52 Å². The van der Waals surface area contributed by atoms with Crippen LogP contribution in [-0.4, -0.2) is 14.6 Å². The van der Waals surface area contributed by atoms with Crippen LogP contribution in [0.5, 0.6) is 0 Å². The number of hydrogen-bond acceptors (Lipinski definition) is 2. The Bertz CT molecular complexity index is 1440. The van der Waals surface area contributed by atoms with Crippen LogP contribution in [0.2, 0.25) is 0 Å². The Morgan fingerprint density at radius 1 is 0.600 bits per heavy atom. The Labute approximate surface area is 143 Å². The molecule has 0 aliphatic carbocycles. The lowest BCUT2D eigenvalue weighted by molar-refractivity contribution is 1.01. The highest BCUT2D eigenvalue weighted by Gasteiger charge is 2.16. The van der Waals surface area contributed by atoms with Crippen molar-refractivity contribution in [3.63, 3.8) is 0 Å². The topological polar surface area (TPSA) is 30.2 Å². The minimum absolute atomic E-state index is 0.993. The van der Waals surface area contributed by atoms with Gasteiger partial charge in [0.05, 0.1) is 22.7 Å². The Hall–Kier alpha value is -3.46. The quantitative estimate of drug-likeness (QED) is 0.354. The van der Waals surface area contributed by atoms with Crippen LogP contribution >= 0.6 is 0 Å². The van der Waals surface area contributed by atoms with Crippen molar-refractivity contribution < 1.29 is 0 Å². The largest absolute Gasteiger partial charge is 0.254 e. The van der Waals surface area contributed by atoms with E-state index in [1.165, 1.54) is 32.3 Å². The molecule has 0 unspecified atom stereocenters. The fourth-order valence-electron chi connectivity index (χ4n) is 4.09. The Balaban J connectivity index is 2.15. The van der Waals surface area contributed by atoms with Gasteiger partial charge in [0.1, 0.15) is 0 Å². The molecule has 0 saturated carbocycles. The van der Waals surface area contributed by atoms with Gasteiger partial charge >= 0.3 is 0 Å². The zero-order chi connectivity index (χ0) is 16.4. The molecule has 0 fully saturated rings. The highest BCUT2D eigenvalue weighted by molar-refractivity contribution is 6.31. The van der Waals surface area contributed by atoms with E-state index in [9.17, 15) is 0 Å². The minimum Gasteiger partial charge on any atom is -0.254 e. The lowest BCUT2D eigenvalue weighted by Crippen LogP contribution is -1.96. The maximum absolute atomic E-state index is 4.66. The fourth-order valence-corrected chi connectivity index (χ4v) is 4.09. The summed E-state index contributed by atoms with van der Waals surface area (Å²) in [6.45, 7) is 0. The average Bonchev–Trinajstić information content (AvgIpc) is 3.17. The molecular formula is C22H13N3. The van der Waals surface area contributed by atoms with Crippen molar-refractivity contribution >= 4 is 48.9 Å². The third kappa shape index (κ3) is 1.55. The average molecular weight is 319 g/mol. The second kappa shape index (κ2) is 4.54. The van der Waals surface area contributed by atoms with Gasteiger partial charge in [0, 0.05) is 22.4 Å². The van der Waals surface area contributed by atoms with Crippen LogP contribution < -0.4 is 0 Å². The SMILES string of the molecule is c1ccc2c(c1)c1ccccc1c1c2c2cccnc2c2ccnn21. The second-order valence-corrected chi connectivity index (χ2v) is 6.34. The molecule has 3 nitrogen and oxygen atoms in total. The predicted molar refractivity (Wildman–Crippen MR) is 103 cm³/mol. The van der Waals surface area contributed by atoms with Crippen molar-refractivity contribution in [2.75, 3.05) is 0 Å². The van der Waals surface area contributed by atoms with Crippen molar-refractivity contribution in [2.24, 2.45) is 0 Å². The molecule has 0 atom stereocenters. The van der Waals surface area contributed by atoms with Crippen LogP contribution in [0.25, 0.3) is 48.9 Å². The molecular weight excluding hydrogens is 306 g/mol.